The molecule has 0 spiro atoms. The Morgan fingerprint density at radius 1 is 1.21 bits per heavy atom. The Morgan fingerprint density at radius 2 is 2.00 bits per heavy atom. The zero-order valence-electron chi connectivity index (χ0n) is 23.2. The van der Waals surface area contributed by atoms with Gasteiger partial charge in [0, 0.05) is 49.9 Å². The number of amides is 1. The van der Waals surface area contributed by atoms with Gasteiger partial charge in [-0.2, -0.15) is 4.98 Å². The molecule has 0 saturated carbocycles. The first-order valence-corrected chi connectivity index (χ1v) is 13.4. The van der Waals surface area contributed by atoms with E-state index in [1.807, 2.05) is 50.9 Å². The number of ether oxygens (including phenoxy) is 1. The van der Waals surface area contributed by atoms with Crippen LogP contribution in [-0.2, 0) is 4.79 Å². The Balaban J connectivity index is 1.71. The summed E-state index contributed by atoms with van der Waals surface area (Å²) in [5.41, 5.74) is 2.02. The number of fused-ring (bicyclic) bond motifs is 1. The van der Waals surface area contributed by atoms with E-state index in [0.29, 0.717) is 28.9 Å². The fraction of sp³-hybridized carbons (Fsp3) is 0.333. The van der Waals surface area contributed by atoms with Crippen LogP contribution in [0.25, 0.3) is 16.0 Å². The molecule has 206 valence electrons. The number of hydrogen-bond donors (Lipinski definition) is 3. The van der Waals surface area contributed by atoms with Crippen molar-refractivity contribution in [3.05, 3.63) is 48.0 Å². The van der Waals surface area contributed by atoms with E-state index < -0.39 is 0 Å². The Hall–Kier alpha value is -4.16. The minimum Gasteiger partial charge on any atom is -0.494 e. The normalized spacial score (nSPS) is 11.1. The van der Waals surface area contributed by atoms with Crippen molar-refractivity contribution in [1.82, 2.24) is 24.6 Å². The van der Waals surface area contributed by atoms with Crippen LogP contribution in [0.4, 0.5) is 28.8 Å². The monoisotopic (exact) mass is 549 g/mol. The average molecular weight is 550 g/mol. The number of aromatic nitrogens is 4. The maximum atomic E-state index is 12.3. The Kier molecular flexibility index (Phi) is 8.67. The smallest absolute Gasteiger partial charge is 0.247 e. The van der Waals surface area contributed by atoms with Gasteiger partial charge in [-0.25, -0.2) is 9.67 Å². The third-order valence-corrected chi connectivity index (χ3v) is 7.01. The summed E-state index contributed by atoms with van der Waals surface area (Å²) < 4.78 is 7.54. The summed E-state index contributed by atoms with van der Waals surface area (Å²) in [5, 5.41) is 15.3. The van der Waals surface area contributed by atoms with Gasteiger partial charge >= 0.3 is 0 Å². The Bertz CT molecular complexity index is 1480. The summed E-state index contributed by atoms with van der Waals surface area (Å²) in [6.45, 7) is 10.1. The van der Waals surface area contributed by atoms with Crippen molar-refractivity contribution in [3.8, 4) is 11.6 Å². The molecule has 0 unspecified atom stereocenters. The molecular formula is C27H35N9O2S. The first-order valence-electron chi connectivity index (χ1n) is 12.6. The van der Waals surface area contributed by atoms with Gasteiger partial charge in [0.2, 0.25) is 11.9 Å². The Morgan fingerprint density at radius 3 is 2.69 bits per heavy atom. The predicted octanol–water partition coefficient (Wildman–Crippen LogP) is 4.49. The largest absolute Gasteiger partial charge is 0.494 e. The topological polar surface area (TPSA) is 112 Å². The van der Waals surface area contributed by atoms with Gasteiger partial charge in [-0.05, 0) is 46.2 Å². The number of anilines is 5. The quantitative estimate of drug-likeness (QED) is 0.220. The maximum absolute atomic E-state index is 12.3. The molecule has 11 nitrogen and oxygen atoms in total. The molecule has 0 radical (unpaired) electrons. The number of methoxy groups -OCH3 is 1. The number of aryl methyl sites for hydroxylation is 1. The van der Waals surface area contributed by atoms with E-state index in [9.17, 15) is 4.79 Å². The first-order chi connectivity index (χ1) is 18.7. The second kappa shape index (κ2) is 12.1. The van der Waals surface area contributed by atoms with E-state index in [-0.39, 0.29) is 5.91 Å². The van der Waals surface area contributed by atoms with Gasteiger partial charge in [-0.3, -0.25) is 4.79 Å². The summed E-state index contributed by atoms with van der Waals surface area (Å²) in [4.78, 5) is 27.8. The number of rotatable bonds is 12. The highest BCUT2D eigenvalue weighted by Gasteiger charge is 2.18. The van der Waals surface area contributed by atoms with Gasteiger partial charge in [0.1, 0.15) is 10.6 Å². The van der Waals surface area contributed by atoms with Gasteiger partial charge in [0.15, 0.2) is 11.6 Å². The highest BCUT2D eigenvalue weighted by Crippen LogP contribution is 2.38. The molecule has 0 saturated heterocycles. The molecule has 1 amide bonds. The van der Waals surface area contributed by atoms with Crippen molar-refractivity contribution >= 4 is 56.3 Å². The second-order valence-electron chi connectivity index (χ2n) is 9.22. The van der Waals surface area contributed by atoms with Crippen LogP contribution in [0.15, 0.2) is 43.1 Å². The lowest BCUT2D eigenvalue weighted by Crippen LogP contribution is -2.29. The zero-order chi connectivity index (χ0) is 28.1. The molecule has 0 bridgehead atoms. The van der Waals surface area contributed by atoms with E-state index in [4.69, 9.17) is 14.8 Å². The molecule has 0 aliphatic heterocycles. The van der Waals surface area contributed by atoms with Crippen molar-refractivity contribution in [2.24, 2.45) is 0 Å². The minimum absolute atomic E-state index is 0.308. The molecule has 3 aromatic heterocycles. The molecular weight excluding hydrogens is 514 g/mol. The van der Waals surface area contributed by atoms with E-state index in [1.54, 1.807) is 24.6 Å². The predicted molar refractivity (Wildman–Crippen MR) is 160 cm³/mol. The van der Waals surface area contributed by atoms with Crippen LogP contribution in [-0.4, -0.2) is 78.4 Å². The highest BCUT2D eigenvalue weighted by atomic mass is 32.1. The number of carbonyl (C=O) groups is 1. The Labute approximate surface area is 232 Å². The third kappa shape index (κ3) is 6.29. The number of nitrogens with zero attached hydrogens (tertiary/aromatic N) is 6. The van der Waals surface area contributed by atoms with E-state index >= 15 is 0 Å². The first kappa shape index (κ1) is 27.9. The van der Waals surface area contributed by atoms with Crippen molar-refractivity contribution < 1.29 is 9.53 Å². The lowest BCUT2D eigenvalue weighted by Gasteiger charge is -2.26. The fourth-order valence-corrected chi connectivity index (χ4v) is 5.00. The molecule has 3 N–H and O–H groups in total. The SMILES string of the molecule is C=CC(=O)Nc1cc(Nc2nccc(-n3nc(NCC)c4cc(C)sc43)n2)c(OC)cc1N(C)CCN(C)C. The lowest BCUT2D eigenvalue weighted by atomic mass is 10.2. The minimum atomic E-state index is -0.308. The number of carbonyl (C=O) groups excluding carboxylic acids is 1. The number of nitrogens with one attached hydrogen (secondary N) is 3. The van der Waals surface area contributed by atoms with E-state index in [0.717, 1.165) is 41.4 Å². The standard InChI is InChI=1S/C27H35N9O2S/c1-8-24(37)30-19-15-20(22(38-7)16-21(19)35(6)13-12-34(4)5)31-27-29-11-10-23(32-27)36-26-18(14-17(3)39-26)25(33-36)28-9-2/h8,10-11,14-16H,1,9,12-13H2,2-7H3,(H,28,33)(H,30,37)(H,29,31,32). The van der Waals surface area contributed by atoms with Crippen LogP contribution in [0.1, 0.15) is 11.8 Å². The summed E-state index contributed by atoms with van der Waals surface area (Å²) in [5.74, 6) is 2.09. The molecule has 0 aliphatic carbocycles. The average Bonchev–Trinajstić information content (AvgIpc) is 3.45. The van der Waals surface area contributed by atoms with E-state index in [2.05, 4.69) is 50.3 Å². The van der Waals surface area contributed by atoms with Gasteiger partial charge < -0.3 is 30.5 Å². The van der Waals surface area contributed by atoms with Crippen LogP contribution in [0, 0.1) is 6.92 Å². The zero-order valence-corrected chi connectivity index (χ0v) is 24.0. The molecule has 0 fully saturated rings. The van der Waals surface area contributed by atoms with Crippen LogP contribution in [0.3, 0.4) is 0 Å². The van der Waals surface area contributed by atoms with Crippen LogP contribution >= 0.6 is 11.3 Å². The van der Waals surface area contributed by atoms with Crippen LogP contribution < -0.4 is 25.6 Å². The van der Waals surface area contributed by atoms with Gasteiger partial charge in [0.05, 0.1) is 29.6 Å². The summed E-state index contributed by atoms with van der Waals surface area (Å²) in [6, 6.07) is 7.64. The molecule has 4 rings (SSSR count). The van der Waals surface area contributed by atoms with Crippen LogP contribution in [0.2, 0.25) is 0 Å². The van der Waals surface area contributed by atoms with Gasteiger partial charge in [-0.1, -0.05) is 6.58 Å². The van der Waals surface area contributed by atoms with Gasteiger partial charge in [0.25, 0.3) is 0 Å². The number of likely N-dealkylation sites (N-methyl/N-ethyl adjacent to an activating group) is 2. The fourth-order valence-electron chi connectivity index (χ4n) is 4.04. The molecule has 4 aromatic rings. The maximum Gasteiger partial charge on any atom is 0.247 e. The molecule has 39 heavy (non-hydrogen) atoms. The molecule has 0 atom stereocenters. The van der Waals surface area contributed by atoms with E-state index in [1.165, 1.54) is 11.0 Å². The summed E-state index contributed by atoms with van der Waals surface area (Å²) in [6.07, 6.45) is 2.92. The van der Waals surface area contributed by atoms with Crippen molar-refractivity contribution in [3.63, 3.8) is 0 Å². The number of hydrogen-bond acceptors (Lipinski definition) is 10. The van der Waals surface area contributed by atoms with Crippen LogP contribution in [0.5, 0.6) is 5.75 Å². The molecule has 12 heteroatoms. The molecule has 1 aromatic carbocycles. The van der Waals surface area contributed by atoms with Crippen molar-refractivity contribution in [1.29, 1.82) is 0 Å². The molecule has 3 heterocycles. The third-order valence-electron chi connectivity index (χ3n) is 5.99. The van der Waals surface area contributed by atoms with Crippen molar-refractivity contribution in [2.45, 2.75) is 13.8 Å². The summed E-state index contributed by atoms with van der Waals surface area (Å²) >= 11 is 1.66. The van der Waals surface area contributed by atoms with Crippen molar-refractivity contribution in [2.75, 3.05) is 68.7 Å². The lowest BCUT2D eigenvalue weighted by molar-refractivity contribution is -0.111. The highest BCUT2D eigenvalue weighted by molar-refractivity contribution is 7.18. The number of benzene rings is 1. The van der Waals surface area contributed by atoms with Gasteiger partial charge in [-0.15, -0.1) is 16.4 Å². The summed E-state index contributed by atoms with van der Waals surface area (Å²) in [7, 11) is 7.61. The number of thiophene rings is 1. The molecule has 0 aliphatic rings. The second-order valence-corrected chi connectivity index (χ2v) is 10.5.